The molecule has 8 heteroatoms. The molecule has 8 nitrogen and oxygen atoms in total. The molecule has 0 atom stereocenters. The van der Waals surface area contributed by atoms with Crippen LogP contribution >= 0.6 is 0 Å². The third-order valence-corrected chi connectivity index (χ3v) is 1.95. The monoisotopic (exact) mass is 234 g/mol. The van der Waals surface area contributed by atoms with Gasteiger partial charge >= 0.3 is 0 Å². The summed E-state index contributed by atoms with van der Waals surface area (Å²) >= 11 is 0. The second kappa shape index (κ2) is 7.09. The van der Waals surface area contributed by atoms with Crippen LogP contribution in [0.3, 0.4) is 0 Å². The van der Waals surface area contributed by atoms with Crippen molar-refractivity contribution in [2.45, 2.75) is 24.4 Å². The number of nitrogens with one attached hydrogen (secondary N) is 2. The first-order chi connectivity index (χ1) is 7.21. The molecule has 0 aliphatic heterocycles. The highest BCUT2D eigenvalue weighted by Gasteiger charge is 2.10. The van der Waals surface area contributed by atoms with E-state index in [2.05, 4.69) is 10.6 Å². The standard InChI is InChI=1S/C8H26N8/c9-7(10,11)1-3-15-5-6-16-4-2-8(12,13)14/h15-16H,1-6,9-14H2. The predicted molar refractivity (Wildman–Crippen MR) is 65.6 cm³/mol. The first-order valence-corrected chi connectivity index (χ1v) is 5.35. The van der Waals surface area contributed by atoms with Gasteiger partial charge in [-0.3, -0.25) is 0 Å². The Kier molecular flexibility index (Phi) is 6.95. The van der Waals surface area contributed by atoms with Crippen LogP contribution in [0.4, 0.5) is 0 Å². The molecule has 0 bridgehead atoms. The van der Waals surface area contributed by atoms with Crippen LogP contribution in [0.15, 0.2) is 0 Å². The summed E-state index contributed by atoms with van der Waals surface area (Å²) in [7, 11) is 0. The van der Waals surface area contributed by atoms with E-state index in [4.69, 9.17) is 34.4 Å². The van der Waals surface area contributed by atoms with E-state index in [-0.39, 0.29) is 0 Å². The Bertz CT molecular complexity index is 150. The average molecular weight is 234 g/mol. The zero-order valence-electron chi connectivity index (χ0n) is 9.71. The Morgan fingerprint density at radius 3 is 1.12 bits per heavy atom. The molecule has 0 aliphatic rings. The maximum Gasteiger partial charge on any atom is 0.117 e. The van der Waals surface area contributed by atoms with Gasteiger partial charge in [-0.05, 0) is 13.1 Å². The van der Waals surface area contributed by atoms with Gasteiger partial charge in [-0.15, -0.1) is 0 Å². The minimum atomic E-state index is -1.10. The molecule has 0 saturated heterocycles. The summed E-state index contributed by atoms with van der Waals surface area (Å²) in [5, 5.41) is 6.29. The van der Waals surface area contributed by atoms with E-state index in [1.807, 2.05) is 0 Å². The molecular weight excluding hydrogens is 208 g/mol. The highest BCUT2D eigenvalue weighted by molar-refractivity contribution is 4.70. The lowest BCUT2D eigenvalue weighted by Gasteiger charge is -2.19. The fraction of sp³-hybridized carbons (Fsp3) is 1.00. The van der Waals surface area contributed by atoms with E-state index >= 15 is 0 Å². The Morgan fingerprint density at radius 1 is 0.562 bits per heavy atom. The van der Waals surface area contributed by atoms with Crippen molar-refractivity contribution in [2.75, 3.05) is 26.2 Å². The van der Waals surface area contributed by atoms with Crippen LogP contribution in [0.2, 0.25) is 0 Å². The van der Waals surface area contributed by atoms with Crippen molar-refractivity contribution in [3.8, 4) is 0 Å². The Morgan fingerprint density at radius 2 is 0.875 bits per heavy atom. The fourth-order valence-corrected chi connectivity index (χ4v) is 1.04. The van der Waals surface area contributed by atoms with Crippen molar-refractivity contribution in [3.63, 3.8) is 0 Å². The predicted octanol–water partition coefficient (Wildman–Crippen LogP) is -3.99. The van der Waals surface area contributed by atoms with Crippen LogP contribution in [0, 0.1) is 0 Å². The van der Waals surface area contributed by atoms with Gasteiger partial charge in [0.15, 0.2) is 0 Å². The number of nitrogens with two attached hydrogens (primary N) is 6. The lowest BCUT2D eigenvalue weighted by Crippen LogP contribution is -2.59. The molecule has 0 heterocycles. The van der Waals surface area contributed by atoms with Crippen molar-refractivity contribution < 1.29 is 0 Å². The summed E-state index contributed by atoms with van der Waals surface area (Å²) in [6.45, 7) is 2.95. The van der Waals surface area contributed by atoms with Crippen molar-refractivity contribution in [3.05, 3.63) is 0 Å². The molecule has 0 unspecified atom stereocenters. The zero-order chi connectivity index (χ0) is 12.7. The Hall–Kier alpha value is -0.320. The number of rotatable bonds is 9. The summed E-state index contributed by atoms with van der Waals surface area (Å²) in [6.07, 6.45) is 1.04. The van der Waals surface area contributed by atoms with Gasteiger partial charge in [0.2, 0.25) is 0 Å². The third kappa shape index (κ3) is 13.7. The van der Waals surface area contributed by atoms with E-state index < -0.39 is 11.6 Å². The minimum absolute atomic E-state index is 0.518. The molecule has 0 radical (unpaired) electrons. The SMILES string of the molecule is NC(N)(N)CCNCCNCCC(N)(N)N. The molecule has 16 heavy (non-hydrogen) atoms. The third-order valence-electron chi connectivity index (χ3n) is 1.95. The largest absolute Gasteiger partial charge is 0.315 e. The molecule has 0 rings (SSSR count). The summed E-state index contributed by atoms with van der Waals surface area (Å²) in [4.78, 5) is 0. The molecule has 14 N–H and O–H groups in total. The maximum atomic E-state index is 5.40. The van der Waals surface area contributed by atoms with E-state index in [0.717, 1.165) is 13.1 Å². The van der Waals surface area contributed by atoms with Crippen molar-refractivity contribution in [1.29, 1.82) is 0 Å². The number of hydrogen-bond donors (Lipinski definition) is 8. The molecule has 0 aromatic rings. The van der Waals surface area contributed by atoms with E-state index in [9.17, 15) is 0 Å². The van der Waals surface area contributed by atoms with Crippen molar-refractivity contribution in [2.24, 2.45) is 34.4 Å². The summed E-state index contributed by atoms with van der Waals surface area (Å²) < 4.78 is 0. The van der Waals surface area contributed by atoms with Crippen LogP contribution in [-0.4, -0.2) is 37.8 Å². The summed E-state index contributed by atoms with van der Waals surface area (Å²) in [6, 6.07) is 0. The smallest absolute Gasteiger partial charge is 0.117 e. The molecule has 0 aromatic heterocycles. The molecule has 0 saturated carbocycles. The van der Waals surface area contributed by atoms with Crippen LogP contribution in [0.25, 0.3) is 0 Å². The number of hydrogen-bond acceptors (Lipinski definition) is 8. The topological polar surface area (TPSA) is 180 Å². The second-order valence-electron chi connectivity index (χ2n) is 4.22. The van der Waals surface area contributed by atoms with E-state index in [1.165, 1.54) is 0 Å². The molecular formula is C8H26N8. The lowest BCUT2D eigenvalue weighted by molar-refractivity contribution is 0.400. The van der Waals surface area contributed by atoms with Gasteiger partial charge in [0, 0.05) is 25.9 Å². The Balaban J connectivity index is 3.17. The average Bonchev–Trinajstić information content (AvgIpc) is 2.06. The Labute approximate surface area is 96.4 Å². The molecule has 0 spiro atoms. The van der Waals surface area contributed by atoms with Crippen LogP contribution in [-0.2, 0) is 0 Å². The second-order valence-corrected chi connectivity index (χ2v) is 4.22. The molecule has 0 fully saturated rings. The van der Waals surface area contributed by atoms with Gasteiger partial charge in [-0.1, -0.05) is 0 Å². The molecule has 0 amide bonds. The van der Waals surface area contributed by atoms with Gasteiger partial charge in [-0.2, -0.15) is 0 Å². The molecule has 0 aromatic carbocycles. The van der Waals surface area contributed by atoms with Gasteiger partial charge in [-0.25, -0.2) is 0 Å². The van der Waals surface area contributed by atoms with Gasteiger partial charge < -0.3 is 45.0 Å². The van der Waals surface area contributed by atoms with Gasteiger partial charge in [0.05, 0.1) is 0 Å². The van der Waals surface area contributed by atoms with E-state index in [1.54, 1.807) is 0 Å². The summed E-state index contributed by atoms with van der Waals surface area (Å²) in [5.41, 5.74) is 32.4. The van der Waals surface area contributed by atoms with Crippen molar-refractivity contribution in [1.82, 2.24) is 10.6 Å². The van der Waals surface area contributed by atoms with E-state index in [0.29, 0.717) is 25.9 Å². The first-order valence-electron chi connectivity index (χ1n) is 5.35. The van der Waals surface area contributed by atoms with Gasteiger partial charge in [0.25, 0.3) is 0 Å². The van der Waals surface area contributed by atoms with Crippen LogP contribution in [0.1, 0.15) is 12.8 Å². The highest BCUT2D eigenvalue weighted by atomic mass is 15.1. The van der Waals surface area contributed by atoms with Gasteiger partial charge in [0.1, 0.15) is 11.6 Å². The van der Waals surface area contributed by atoms with Crippen LogP contribution < -0.4 is 45.0 Å². The van der Waals surface area contributed by atoms with Crippen LogP contribution in [0.5, 0.6) is 0 Å². The fourth-order valence-electron chi connectivity index (χ4n) is 1.04. The molecule has 0 aliphatic carbocycles. The highest BCUT2D eigenvalue weighted by Crippen LogP contribution is 1.85. The zero-order valence-corrected chi connectivity index (χ0v) is 9.71. The normalized spacial score (nSPS) is 13.1. The quantitative estimate of drug-likeness (QED) is 0.147. The first kappa shape index (κ1) is 15.7. The maximum absolute atomic E-state index is 5.40. The summed E-state index contributed by atoms with van der Waals surface area (Å²) in [5.74, 6) is -2.20. The lowest BCUT2D eigenvalue weighted by atomic mass is 10.2. The van der Waals surface area contributed by atoms with Crippen molar-refractivity contribution >= 4 is 0 Å². The molecule has 98 valence electrons. The minimum Gasteiger partial charge on any atom is -0.315 e.